The molecule has 0 bridgehead atoms. The first-order chi connectivity index (χ1) is 8.66. The molecule has 4 nitrogen and oxygen atoms in total. The molecule has 100 valence electrons. The van der Waals surface area contributed by atoms with Gasteiger partial charge in [-0.3, -0.25) is 4.98 Å². The lowest BCUT2D eigenvalue weighted by molar-refractivity contribution is 0.226. The smallest absolute Gasteiger partial charge is 0.0764 e. The van der Waals surface area contributed by atoms with Crippen molar-refractivity contribution in [2.45, 2.75) is 12.8 Å². The zero-order valence-corrected chi connectivity index (χ0v) is 11.7. The maximum atomic E-state index is 4.21. The molecule has 0 amide bonds. The Balaban J connectivity index is 1.90. The molecule has 1 saturated heterocycles. The summed E-state index contributed by atoms with van der Waals surface area (Å²) in [7, 11) is 6.33. The summed E-state index contributed by atoms with van der Waals surface area (Å²) in [4.78, 5) is 8.74. The van der Waals surface area contributed by atoms with Crippen LogP contribution in [0.25, 0.3) is 0 Å². The van der Waals surface area contributed by atoms with E-state index in [0.29, 0.717) is 0 Å². The topological polar surface area (TPSA) is 31.4 Å². The van der Waals surface area contributed by atoms with Crippen LogP contribution in [0, 0.1) is 5.92 Å². The molecule has 1 aromatic rings. The Labute approximate surface area is 110 Å². The molecule has 2 heterocycles. The Morgan fingerprint density at radius 1 is 1.39 bits per heavy atom. The molecule has 0 spiro atoms. The summed E-state index contributed by atoms with van der Waals surface area (Å²) in [6.07, 6.45) is 6.35. The van der Waals surface area contributed by atoms with Crippen LogP contribution in [0.3, 0.4) is 0 Å². The summed E-state index contributed by atoms with van der Waals surface area (Å²) in [5, 5.41) is 3.56. The average molecular weight is 248 g/mol. The van der Waals surface area contributed by atoms with Crippen LogP contribution < -0.4 is 10.2 Å². The highest BCUT2D eigenvalue weighted by Gasteiger charge is 2.16. The van der Waals surface area contributed by atoms with Gasteiger partial charge in [0.15, 0.2) is 0 Å². The minimum atomic E-state index is 0.788. The molecular weight excluding hydrogens is 224 g/mol. The molecule has 1 aliphatic heterocycles. The second-order valence-electron chi connectivity index (χ2n) is 5.41. The van der Waals surface area contributed by atoms with Crippen molar-refractivity contribution in [2.24, 2.45) is 5.92 Å². The van der Waals surface area contributed by atoms with E-state index >= 15 is 0 Å². The number of piperidine rings is 1. The molecule has 1 aromatic heterocycles. The molecule has 0 aromatic carbocycles. The fourth-order valence-corrected chi connectivity index (χ4v) is 2.43. The van der Waals surface area contributed by atoms with Gasteiger partial charge >= 0.3 is 0 Å². The van der Waals surface area contributed by atoms with E-state index in [4.69, 9.17) is 0 Å². The number of likely N-dealkylation sites (tertiary alicyclic amines) is 1. The SMILES string of the molecule is CN1CCC(CNc2cnccc2N(C)C)CC1. The largest absolute Gasteiger partial charge is 0.382 e. The van der Waals surface area contributed by atoms with E-state index in [1.807, 2.05) is 12.4 Å². The normalized spacial score (nSPS) is 17.7. The fourth-order valence-electron chi connectivity index (χ4n) is 2.43. The Kier molecular flexibility index (Phi) is 4.42. The number of rotatable bonds is 4. The summed E-state index contributed by atoms with van der Waals surface area (Å²) >= 11 is 0. The van der Waals surface area contributed by atoms with Crippen molar-refractivity contribution in [3.63, 3.8) is 0 Å². The number of pyridine rings is 1. The van der Waals surface area contributed by atoms with E-state index in [0.717, 1.165) is 18.2 Å². The third kappa shape index (κ3) is 3.35. The third-order valence-corrected chi connectivity index (χ3v) is 3.70. The van der Waals surface area contributed by atoms with Crippen molar-refractivity contribution in [2.75, 3.05) is 51.0 Å². The van der Waals surface area contributed by atoms with Gasteiger partial charge in [-0.15, -0.1) is 0 Å². The van der Waals surface area contributed by atoms with Crippen LogP contribution in [0.1, 0.15) is 12.8 Å². The lowest BCUT2D eigenvalue weighted by Crippen LogP contribution is -2.33. The van der Waals surface area contributed by atoms with Gasteiger partial charge in [0, 0.05) is 26.8 Å². The van der Waals surface area contributed by atoms with Crippen LogP contribution in [0.2, 0.25) is 0 Å². The molecule has 0 saturated carbocycles. The number of hydrogen-bond donors (Lipinski definition) is 1. The molecule has 1 aliphatic rings. The van der Waals surface area contributed by atoms with Gasteiger partial charge < -0.3 is 15.1 Å². The van der Waals surface area contributed by atoms with E-state index in [-0.39, 0.29) is 0 Å². The first-order valence-electron chi connectivity index (χ1n) is 6.70. The second kappa shape index (κ2) is 6.05. The van der Waals surface area contributed by atoms with Gasteiger partial charge in [0.2, 0.25) is 0 Å². The Morgan fingerprint density at radius 3 is 2.78 bits per heavy atom. The molecule has 0 aliphatic carbocycles. The molecule has 4 heteroatoms. The van der Waals surface area contributed by atoms with Crippen molar-refractivity contribution >= 4 is 11.4 Å². The Morgan fingerprint density at radius 2 is 2.11 bits per heavy atom. The highest BCUT2D eigenvalue weighted by Crippen LogP contribution is 2.24. The second-order valence-corrected chi connectivity index (χ2v) is 5.41. The molecule has 1 fully saturated rings. The number of hydrogen-bond acceptors (Lipinski definition) is 4. The molecular formula is C14H24N4. The minimum absolute atomic E-state index is 0.788. The fraction of sp³-hybridized carbons (Fsp3) is 0.643. The predicted molar refractivity (Wildman–Crippen MR) is 77.3 cm³/mol. The summed E-state index contributed by atoms with van der Waals surface area (Å²) in [6, 6.07) is 2.05. The molecule has 0 unspecified atom stereocenters. The first-order valence-corrected chi connectivity index (χ1v) is 6.70. The molecule has 18 heavy (non-hydrogen) atoms. The van der Waals surface area contributed by atoms with E-state index in [2.05, 4.69) is 47.3 Å². The highest BCUT2D eigenvalue weighted by molar-refractivity contribution is 5.68. The third-order valence-electron chi connectivity index (χ3n) is 3.70. The lowest BCUT2D eigenvalue weighted by Gasteiger charge is -2.29. The van der Waals surface area contributed by atoms with Crippen LogP contribution in [-0.4, -0.2) is 50.7 Å². The standard InChI is InChI=1S/C14H24N4/c1-17(2)14-4-7-15-11-13(14)16-10-12-5-8-18(3)9-6-12/h4,7,11-12,16H,5-6,8-10H2,1-3H3. The van der Waals surface area contributed by atoms with Gasteiger partial charge in [0.25, 0.3) is 0 Å². The van der Waals surface area contributed by atoms with Gasteiger partial charge in [0.1, 0.15) is 0 Å². The maximum Gasteiger partial charge on any atom is 0.0764 e. The van der Waals surface area contributed by atoms with Crippen molar-refractivity contribution in [1.82, 2.24) is 9.88 Å². The number of nitrogens with zero attached hydrogens (tertiary/aromatic N) is 3. The Hall–Kier alpha value is -1.29. The monoisotopic (exact) mass is 248 g/mol. The number of nitrogens with one attached hydrogen (secondary N) is 1. The van der Waals surface area contributed by atoms with E-state index < -0.39 is 0 Å². The van der Waals surface area contributed by atoms with Crippen LogP contribution in [0.5, 0.6) is 0 Å². The van der Waals surface area contributed by atoms with Gasteiger partial charge in [0.05, 0.1) is 17.6 Å². The zero-order chi connectivity index (χ0) is 13.0. The molecule has 1 N–H and O–H groups in total. The summed E-state index contributed by atoms with van der Waals surface area (Å²) < 4.78 is 0. The van der Waals surface area contributed by atoms with Gasteiger partial charge in [-0.05, 0) is 45.0 Å². The van der Waals surface area contributed by atoms with E-state index in [1.54, 1.807) is 0 Å². The van der Waals surface area contributed by atoms with Crippen molar-refractivity contribution in [1.29, 1.82) is 0 Å². The molecule has 2 rings (SSSR count). The lowest BCUT2D eigenvalue weighted by atomic mass is 9.97. The zero-order valence-electron chi connectivity index (χ0n) is 11.7. The van der Waals surface area contributed by atoms with Crippen molar-refractivity contribution < 1.29 is 0 Å². The van der Waals surface area contributed by atoms with Gasteiger partial charge in [-0.1, -0.05) is 0 Å². The van der Waals surface area contributed by atoms with Gasteiger partial charge in [-0.25, -0.2) is 0 Å². The van der Waals surface area contributed by atoms with Crippen molar-refractivity contribution in [3.05, 3.63) is 18.5 Å². The van der Waals surface area contributed by atoms with Gasteiger partial charge in [-0.2, -0.15) is 0 Å². The van der Waals surface area contributed by atoms with E-state index in [1.165, 1.54) is 31.6 Å². The quantitative estimate of drug-likeness (QED) is 0.882. The highest BCUT2D eigenvalue weighted by atomic mass is 15.1. The van der Waals surface area contributed by atoms with Crippen LogP contribution >= 0.6 is 0 Å². The maximum absolute atomic E-state index is 4.21. The number of aromatic nitrogens is 1. The first kappa shape index (κ1) is 13.1. The van der Waals surface area contributed by atoms with Crippen LogP contribution in [0.15, 0.2) is 18.5 Å². The van der Waals surface area contributed by atoms with Crippen LogP contribution in [0.4, 0.5) is 11.4 Å². The van der Waals surface area contributed by atoms with Crippen LogP contribution in [-0.2, 0) is 0 Å². The van der Waals surface area contributed by atoms with Crippen molar-refractivity contribution in [3.8, 4) is 0 Å². The summed E-state index contributed by atoms with van der Waals surface area (Å²) in [5.41, 5.74) is 2.35. The summed E-state index contributed by atoms with van der Waals surface area (Å²) in [6.45, 7) is 3.50. The Bertz CT molecular complexity index is 370. The molecule has 0 atom stereocenters. The average Bonchev–Trinajstić information content (AvgIpc) is 2.38. The number of anilines is 2. The minimum Gasteiger partial charge on any atom is -0.382 e. The predicted octanol–water partition coefficient (Wildman–Crippen LogP) is 1.90. The summed E-state index contributed by atoms with van der Waals surface area (Å²) in [5.74, 6) is 0.788. The molecule has 0 radical (unpaired) electrons. The van der Waals surface area contributed by atoms with E-state index in [9.17, 15) is 0 Å².